The summed E-state index contributed by atoms with van der Waals surface area (Å²) in [7, 11) is 0. The van der Waals surface area contributed by atoms with Crippen LogP contribution in [0.5, 0.6) is 0 Å². The van der Waals surface area contributed by atoms with Crippen LogP contribution in [-0.2, 0) is 29.0 Å². The maximum absolute atomic E-state index is 14.4. The molecule has 5 atom stereocenters. The Hall–Kier alpha value is -4.97. The van der Waals surface area contributed by atoms with Crippen molar-refractivity contribution in [1.82, 2.24) is 30.7 Å². The average Bonchev–Trinajstić information content (AvgIpc) is 3.41. The third-order valence-electron chi connectivity index (χ3n) is 9.49. The van der Waals surface area contributed by atoms with Crippen LogP contribution in [0.1, 0.15) is 70.5 Å². The lowest BCUT2D eigenvalue weighted by atomic mass is 9.84. The maximum atomic E-state index is 14.4. The molecule has 53 heavy (non-hydrogen) atoms. The molecule has 4 rings (SSSR count). The van der Waals surface area contributed by atoms with E-state index in [1.165, 1.54) is 0 Å². The topological polar surface area (TPSA) is 164 Å². The van der Waals surface area contributed by atoms with Crippen molar-refractivity contribution in [2.24, 2.45) is 10.8 Å². The fourth-order valence-electron chi connectivity index (χ4n) is 6.92. The van der Waals surface area contributed by atoms with Gasteiger partial charge in [-0.05, 0) is 60.3 Å². The predicted molar refractivity (Wildman–Crippen MR) is 204 cm³/mol. The van der Waals surface area contributed by atoms with Crippen molar-refractivity contribution in [1.29, 1.82) is 0 Å². The van der Waals surface area contributed by atoms with Gasteiger partial charge < -0.3 is 36.0 Å². The van der Waals surface area contributed by atoms with Gasteiger partial charge in [0.05, 0.1) is 24.4 Å². The highest BCUT2D eigenvalue weighted by atomic mass is 16.4. The molecule has 12 nitrogen and oxygen atoms in total. The van der Waals surface area contributed by atoms with Crippen molar-refractivity contribution in [2.45, 2.75) is 105 Å². The number of carbonyl (C=O) groups excluding carboxylic acids is 3. The second kappa shape index (κ2) is 17.7. The van der Waals surface area contributed by atoms with E-state index in [2.05, 4.69) is 20.9 Å². The zero-order chi connectivity index (χ0) is 38.9. The summed E-state index contributed by atoms with van der Waals surface area (Å²) in [6, 6.07) is 21.2. The zero-order valence-corrected chi connectivity index (χ0v) is 32.0. The molecule has 0 spiro atoms. The van der Waals surface area contributed by atoms with Crippen LogP contribution < -0.4 is 16.0 Å². The third kappa shape index (κ3) is 11.8. The van der Waals surface area contributed by atoms with Gasteiger partial charge in [-0.1, -0.05) is 108 Å². The number of aliphatic hydroxyl groups excluding tert-OH is 1. The summed E-state index contributed by atoms with van der Waals surface area (Å²) in [5.41, 5.74) is 2.05. The fourth-order valence-corrected chi connectivity index (χ4v) is 6.92. The first-order chi connectivity index (χ1) is 24.9. The molecule has 0 unspecified atom stereocenters. The second-order valence-corrected chi connectivity index (χ2v) is 16.2. The Morgan fingerprint density at radius 2 is 1.38 bits per heavy atom. The van der Waals surface area contributed by atoms with Gasteiger partial charge in [0.2, 0.25) is 11.8 Å². The highest BCUT2D eigenvalue weighted by Gasteiger charge is 2.44. The van der Waals surface area contributed by atoms with Gasteiger partial charge in [-0.15, -0.1) is 0 Å². The van der Waals surface area contributed by atoms with E-state index >= 15 is 0 Å². The predicted octanol–water partition coefficient (Wildman–Crippen LogP) is 4.93. The van der Waals surface area contributed by atoms with Gasteiger partial charge >= 0.3 is 12.1 Å². The first kappa shape index (κ1) is 40.8. The van der Waals surface area contributed by atoms with Crippen LogP contribution in [0.2, 0.25) is 0 Å². The lowest BCUT2D eigenvalue weighted by Crippen LogP contribution is -2.59. The number of carbonyl (C=O) groups is 4. The molecule has 2 aromatic carbocycles. The number of amides is 5. The van der Waals surface area contributed by atoms with E-state index in [1.807, 2.05) is 107 Å². The summed E-state index contributed by atoms with van der Waals surface area (Å²) in [6.45, 7) is 14.1. The maximum Gasteiger partial charge on any atom is 0.405 e. The lowest BCUT2D eigenvalue weighted by molar-refractivity contribution is -0.131. The fraction of sp³-hybridized carbons (Fsp3) is 0.488. The number of hydrogen-bond donors (Lipinski definition) is 5. The number of hydrogen-bond acceptors (Lipinski definition) is 6. The number of nitrogens with zero attached hydrogens (tertiary/aromatic N) is 3. The Kier molecular flexibility index (Phi) is 13.6. The van der Waals surface area contributed by atoms with Crippen LogP contribution in [0.4, 0.5) is 9.59 Å². The van der Waals surface area contributed by atoms with Gasteiger partial charge in [0, 0.05) is 24.8 Å². The first-order valence-corrected chi connectivity index (χ1v) is 18.3. The van der Waals surface area contributed by atoms with Crippen LogP contribution in [-0.4, -0.2) is 92.3 Å². The van der Waals surface area contributed by atoms with E-state index in [1.54, 1.807) is 30.6 Å². The van der Waals surface area contributed by atoms with Crippen molar-refractivity contribution in [3.63, 3.8) is 0 Å². The lowest BCUT2D eigenvalue weighted by Gasteiger charge is -2.38. The monoisotopic (exact) mass is 728 g/mol. The van der Waals surface area contributed by atoms with E-state index in [0.29, 0.717) is 32.5 Å². The Morgan fingerprint density at radius 1 is 0.774 bits per heavy atom. The Balaban J connectivity index is 1.59. The molecule has 1 aliphatic heterocycles. The Bertz CT molecular complexity index is 1690. The summed E-state index contributed by atoms with van der Waals surface area (Å²) in [4.78, 5) is 61.4. The van der Waals surface area contributed by atoms with Gasteiger partial charge in [0.15, 0.2) is 0 Å². The highest BCUT2D eigenvalue weighted by Crippen LogP contribution is 2.29. The number of aliphatic hydroxyl groups is 1. The molecule has 0 bridgehead atoms. The summed E-state index contributed by atoms with van der Waals surface area (Å²) < 4.78 is 0. The van der Waals surface area contributed by atoms with Crippen molar-refractivity contribution in [3.8, 4) is 0 Å². The SMILES string of the molecule is Cc1cccc(CN2CCN([C@H](C(=O)N[C@@H](Cc3ccccc3)[C@@H](O)C[C@H](Cc3ccccc3)NC(=O)[C@@H](NC(=O)O)C(C)(C)C)C(C)(C)C)C2=O)n1. The number of pyridine rings is 1. The van der Waals surface area contributed by atoms with Crippen molar-refractivity contribution >= 4 is 23.9 Å². The molecule has 5 amide bonds. The molecule has 1 aliphatic rings. The van der Waals surface area contributed by atoms with Crippen LogP contribution >= 0.6 is 0 Å². The Morgan fingerprint density at radius 3 is 1.92 bits per heavy atom. The van der Waals surface area contributed by atoms with Crippen LogP contribution in [0.15, 0.2) is 78.9 Å². The largest absolute Gasteiger partial charge is 0.465 e. The van der Waals surface area contributed by atoms with Gasteiger partial charge in [-0.3, -0.25) is 14.6 Å². The van der Waals surface area contributed by atoms with Crippen molar-refractivity contribution < 1.29 is 29.4 Å². The van der Waals surface area contributed by atoms with Gasteiger partial charge in [-0.2, -0.15) is 0 Å². The van der Waals surface area contributed by atoms with Gasteiger partial charge in [0.25, 0.3) is 0 Å². The average molecular weight is 729 g/mol. The molecular weight excluding hydrogens is 672 g/mol. The standard InChI is InChI=1S/C41H56N6O6/c1-27-15-14-20-30(42-27)26-46-21-22-47(39(46)53)35(41(5,6)7)37(50)44-32(24-29-18-12-9-13-19-29)33(48)25-31(23-28-16-10-8-11-17-28)43-36(49)34(40(2,3)4)45-38(51)52/h8-20,31-35,45,48H,21-26H2,1-7H3,(H,43,49)(H,44,50)(H,51,52)/t31-,32-,33-,34+,35+/m0/s1. The zero-order valence-electron chi connectivity index (χ0n) is 32.0. The molecule has 0 saturated carbocycles. The molecule has 0 radical (unpaired) electrons. The molecule has 5 N–H and O–H groups in total. The van der Waals surface area contributed by atoms with E-state index in [4.69, 9.17) is 0 Å². The van der Waals surface area contributed by atoms with Gasteiger partial charge in [0.1, 0.15) is 12.1 Å². The quantitative estimate of drug-likeness (QED) is 0.148. The molecule has 286 valence electrons. The smallest absolute Gasteiger partial charge is 0.405 e. The van der Waals surface area contributed by atoms with Crippen molar-refractivity contribution in [2.75, 3.05) is 13.1 Å². The Labute approximate surface area is 313 Å². The molecule has 1 aromatic heterocycles. The van der Waals surface area contributed by atoms with E-state index < -0.39 is 53.1 Å². The number of carboxylic acid groups (broad SMARTS) is 1. The van der Waals surface area contributed by atoms with Crippen LogP contribution in [0.3, 0.4) is 0 Å². The number of rotatable bonds is 15. The summed E-state index contributed by atoms with van der Waals surface area (Å²) in [5.74, 6) is -0.897. The number of benzene rings is 2. The first-order valence-electron chi connectivity index (χ1n) is 18.3. The van der Waals surface area contributed by atoms with Crippen LogP contribution in [0.25, 0.3) is 0 Å². The number of urea groups is 1. The minimum Gasteiger partial charge on any atom is -0.465 e. The van der Waals surface area contributed by atoms with Crippen LogP contribution in [0, 0.1) is 17.8 Å². The molecule has 2 heterocycles. The molecule has 0 aliphatic carbocycles. The highest BCUT2D eigenvalue weighted by molar-refractivity contribution is 5.89. The number of nitrogens with one attached hydrogen (secondary N) is 3. The van der Waals surface area contributed by atoms with E-state index in [9.17, 15) is 29.4 Å². The minimum atomic E-state index is -1.31. The minimum absolute atomic E-state index is 0.0580. The molecule has 1 saturated heterocycles. The van der Waals surface area contributed by atoms with E-state index in [-0.39, 0.29) is 18.4 Å². The molecular formula is C41H56N6O6. The molecule has 12 heteroatoms. The third-order valence-corrected chi connectivity index (χ3v) is 9.49. The number of aryl methyl sites for hydroxylation is 1. The molecule has 1 fully saturated rings. The summed E-state index contributed by atoms with van der Waals surface area (Å²) in [6.07, 6.45) is -1.74. The van der Waals surface area contributed by atoms with E-state index in [0.717, 1.165) is 22.5 Å². The molecule has 3 aromatic rings. The summed E-state index contributed by atoms with van der Waals surface area (Å²) in [5, 5.41) is 29.9. The van der Waals surface area contributed by atoms with Crippen molar-refractivity contribution in [3.05, 3.63) is 101 Å². The normalized spacial score (nSPS) is 16.3. The second-order valence-electron chi connectivity index (χ2n) is 16.2. The van der Waals surface area contributed by atoms with Gasteiger partial charge in [-0.25, -0.2) is 9.59 Å². The summed E-state index contributed by atoms with van der Waals surface area (Å²) >= 11 is 0. The number of aromatic nitrogens is 1.